The summed E-state index contributed by atoms with van der Waals surface area (Å²) in [5, 5.41) is 10.8. The highest BCUT2D eigenvalue weighted by Crippen LogP contribution is 2.24. The smallest absolute Gasteiger partial charge is 0.324 e. The molecule has 0 saturated heterocycles. The second-order valence-electron chi connectivity index (χ2n) is 4.64. The molecule has 0 saturated carbocycles. The van der Waals surface area contributed by atoms with Crippen LogP contribution in [0.4, 0.5) is 0 Å². The first-order chi connectivity index (χ1) is 8.36. The molecule has 0 spiro atoms. The average Bonchev–Trinajstić information content (AvgIpc) is 2.27. The SMILES string of the molecule is CON(Cc1ccccc1)C(C(=O)O)C(C)(C)S. The van der Waals surface area contributed by atoms with E-state index in [1.165, 1.54) is 12.2 Å². The standard InChI is InChI=1S/C13H19NO3S/c1-13(2,18)11(12(15)16)14(17-3)9-10-7-5-4-6-8-10/h4-8,11,18H,9H2,1-3H3,(H,15,16). The number of aliphatic carboxylic acids is 1. The molecule has 0 heterocycles. The Labute approximate surface area is 113 Å². The van der Waals surface area contributed by atoms with Crippen LogP contribution >= 0.6 is 12.6 Å². The summed E-state index contributed by atoms with van der Waals surface area (Å²) in [6.07, 6.45) is 0. The number of hydrogen-bond donors (Lipinski definition) is 2. The van der Waals surface area contributed by atoms with Gasteiger partial charge in [0.05, 0.1) is 13.7 Å². The summed E-state index contributed by atoms with van der Waals surface area (Å²) < 4.78 is -0.712. The molecule has 5 heteroatoms. The summed E-state index contributed by atoms with van der Waals surface area (Å²) >= 11 is 4.35. The van der Waals surface area contributed by atoms with Crippen molar-refractivity contribution in [2.45, 2.75) is 31.2 Å². The lowest BCUT2D eigenvalue weighted by molar-refractivity contribution is -0.192. The van der Waals surface area contributed by atoms with Crippen LogP contribution in [0, 0.1) is 0 Å². The van der Waals surface area contributed by atoms with Gasteiger partial charge in [-0.25, -0.2) is 0 Å². The van der Waals surface area contributed by atoms with Crippen LogP contribution in [0.25, 0.3) is 0 Å². The van der Waals surface area contributed by atoms with Crippen molar-refractivity contribution in [2.75, 3.05) is 7.11 Å². The van der Waals surface area contributed by atoms with Gasteiger partial charge in [0.25, 0.3) is 0 Å². The van der Waals surface area contributed by atoms with Gasteiger partial charge in [-0.2, -0.15) is 17.7 Å². The Kier molecular flexibility index (Phi) is 5.19. The molecule has 1 atom stereocenters. The fourth-order valence-electron chi connectivity index (χ4n) is 1.80. The molecule has 0 aliphatic carbocycles. The Bertz CT molecular complexity index is 389. The van der Waals surface area contributed by atoms with Gasteiger partial charge < -0.3 is 9.94 Å². The van der Waals surface area contributed by atoms with Crippen LogP contribution in [-0.4, -0.2) is 34.0 Å². The Hall–Kier alpha value is -1.04. The Morgan fingerprint density at radius 2 is 2.00 bits per heavy atom. The van der Waals surface area contributed by atoms with E-state index in [0.717, 1.165) is 5.56 Å². The molecule has 0 aromatic heterocycles. The first kappa shape index (κ1) is 15.0. The third-order valence-corrected chi connectivity index (χ3v) is 2.85. The van der Waals surface area contributed by atoms with Crippen molar-refractivity contribution in [3.63, 3.8) is 0 Å². The number of carboxylic acids is 1. The number of hydroxylamine groups is 2. The molecule has 4 nitrogen and oxygen atoms in total. The predicted molar refractivity (Wildman–Crippen MR) is 73.5 cm³/mol. The fourth-order valence-corrected chi connectivity index (χ4v) is 2.04. The van der Waals surface area contributed by atoms with Crippen LogP contribution < -0.4 is 0 Å². The van der Waals surface area contributed by atoms with Gasteiger partial charge in [0.2, 0.25) is 0 Å². The highest BCUT2D eigenvalue weighted by molar-refractivity contribution is 7.81. The lowest BCUT2D eigenvalue weighted by atomic mass is 10.0. The molecule has 1 unspecified atom stereocenters. The van der Waals surface area contributed by atoms with E-state index in [9.17, 15) is 9.90 Å². The summed E-state index contributed by atoms with van der Waals surface area (Å²) in [4.78, 5) is 16.6. The van der Waals surface area contributed by atoms with Crippen molar-refractivity contribution < 1.29 is 14.7 Å². The minimum absolute atomic E-state index is 0.401. The molecular weight excluding hydrogens is 250 g/mol. The van der Waals surface area contributed by atoms with Crippen molar-refractivity contribution in [2.24, 2.45) is 0 Å². The first-order valence-electron chi connectivity index (χ1n) is 5.66. The zero-order valence-corrected chi connectivity index (χ0v) is 11.7. The third-order valence-electron chi connectivity index (χ3n) is 2.61. The fraction of sp³-hybridized carbons (Fsp3) is 0.462. The molecule has 1 N–H and O–H groups in total. The van der Waals surface area contributed by atoms with E-state index < -0.39 is 16.8 Å². The molecule has 18 heavy (non-hydrogen) atoms. The van der Waals surface area contributed by atoms with Gasteiger partial charge in [-0.3, -0.25) is 4.79 Å². The molecule has 0 amide bonds. The Morgan fingerprint density at radius 1 is 1.44 bits per heavy atom. The largest absolute Gasteiger partial charge is 0.480 e. The van der Waals surface area contributed by atoms with Crippen LogP contribution in [0.3, 0.4) is 0 Å². The number of carbonyl (C=O) groups is 1. The minimum atomic E-state index is -0.951. The van der Waals surface area contributed by atoms with Crippen LogP contribution in [0.2, 0.25) is 0 Å². The summed E-state index contributed by atoms with van der Waals surface area (Å²) in [6.45, 7) is 3.91. The van der Waals surface area contributed by atoms with E-state index in [0.29, 0.717) is 6.54 Å². The molecule has 0 aliphatic rings. The van der Waals surface area contributed by atoms with Crippen molar-refractivity contribution in [1.82, 2.24) is 5.06 Å². The van der Waals surface area contributed by atoms with E-state index in [1.807, 2.05) is 30.3 Å². The molecule has 1 aromatic carbocycles. The van der Waals surface area contributed by atoms with Crippen molar-refractivity contribution in [1.29, 1.82) is 0 Å². The van der Waals surface area contributed by atoms with Crippen LogP contribution in [0.1, 0.15) is 19.4 Å². The molecule has 1 rings (SSSR count). The van der Waals surface area contributed by atoms with Crippen LogP contribution in [0.5, 0.6) is 0 Å². The van der Waals surface area contributed by atoms with Crippen LogP contribution in [0.15, 0.2) is 30.3 Å². The van der Waals surface area contributed by atoms with E-state index in [2.05, 4.69) is 12.6 Å². The topological polar surface area (TPSA) is 49.8 Å². The maximum absolute atomic E-state index is 11.4. The molecule has 1 aromatic rings. The van der Waals surface area contributed by atoms with Gasteiger partial charge in [-0.1, -0.05) is 30.3 Å². The number of carboxylic acid groups (broad SMARTS) is 1. The minimum Gasteiger partial charge on any atom is -0.480 e. The molecule has 0 bridgehead atoms. The van der Waals surface area contributed by atoms with Gasteiger partial charge in [-0.05, 0) is 19.4 Å². The van der Waals surface area contributed by atoms with Crippen molar-refractivity contribution in [3.8, 4) is 0 Å². The van der Waals surface area contributed by atoms with Crippen LogP contribution in [-0.2, 0) is 16.2 Å². The van der Waals surface area contributed by atoms with Gasteiger partial charge >= 0.3 is 5.97 Å². The first-order valence-corrected chi connectivity index (χ1v) is 6.11. The van der Waals surface area contributed by atoms with E-state index in [-0.39, 0.29) is 0 Å². The van der Waals surface area contributed by atoms with E-state index in [1.54, 1.807) is 13.8 Å². The van der Waals surface area contributed by atoms with Gasteiger partial charge in [0, 0.05) is 4.75 Å². The number of rotatable bonds is 6. The maximum Gasteiger partial charge on any atom is 0.324 e. The van der Waals surface area contributed by atoms with Gasteiger partial charge in [-0.15, -0.1) is 0 Å². The molecule has 0 radical (unpaired) electrons. The Morgan fingerprint density at radius 3 is 2.39 bits per heavy atom. The second kappa shape index (κ2) is 6.22. The quantitative estimate of drug-likeness (QED) is 0.614. The number of benzene rings is 1. The summed E-state index contributed by atoms with van der Waals surface area (Å²) in [6, 6.07) is 8.76. The molecular formula is C13H19NO3S. The van der Waals surface area contributed by atoms with Crippen molar-refractivity contribution in [3.05, 3.63) is 35.9 Å². The van der Waals surface area contributed by atoms with Gasteiger partial charge in [0.15, 0.2) is 0 Å². The number of hydrogen-bond acceptors (Lipinski definition) is 4. The van der Waals surface area contributed by atoms with E-state index in [4.69, 9.17) is 4.84 Å². The Balaban J connectivity index is 2.90. The van der Waals surface area contributed by atoms with Gasteiger partial charge in [0.1, 0.15) is 6.04 Å². The lowest BCUT2D eigenvalue weighted by Crippen LogP contribution is -2.50. The number of nitrogens with zero attached hydrogens (tertiary/aromatic N) is 1. The average molecular weight is 269 g/mol. The normalized spacial score (nSPS) is 13.6. The van der Waals surface area contributed by atoms with E-state index >= 15 is 0 Å². The molecule has 0 fully saturated rings. The lowest BCUT2D eigenvalue weighted by Gasteiger charge is -2.34. The third kappa shape index (κ3) is 4.01. The maximum atomic E-state index is 11.4. The number of thiol groups is 1. The second-order valence-corrected chi connectivity index (χ2v) is 5.79. The summed E-state index contributed by atoms with van der Waals surface area (Å²) in [5.41, 5.74) is 0.989. The predicted octanol–water partition coefficient (Wildman–Crippen LogP) is 2.21. The zero-order chi connectivity index (χ0) is 13.8. The molecule has 0 aliphatic heterocycles. The highest BCUT2D eigenvalue weighted by atomic mass is 32.1. The van der Waals surface area contributed by atoms with Crippen molar-refractivity contribution >= 4 is 18.6 Å². The summed E-state index contributed by atoms with van der Waals surface area (Å²) in [7, 11) is 1.47. The monoisotopic (exact) mass is 269 g/mol. The summed E-state index contributed by atoms with van der Waals surface area (Å²) in [5.74, 6) is -0.951. The zero-order valence-electron chi connectivity index (χ0n) is 10.8. The highest BCUT2D eigenvalue weighted by Gasteiger charge is 2.38. The molecule has 100 valence electrons.